The van der Waals surface area contributed by atoms with Gasteiger partial charge in [-0.2, -0.15) is 0 Å². The summed E-state index contributed by atoms with van der Waals surface area (Å²) in [5.41, 5.74) is 4.92. The van der Waals surface area contributed by atoms with Gasteiger partial charge in [0.2, 0.25) is 5.91 Å². The maximum absolute atomic E-state index is 13.2. The standard InChI is InChI=1S/C24H21FN4O2.C2H2/c25-17-11-16(17)24(31)29-19-10-12(6-7-26-19)21-22(27-14-4-2-1-3-5-14)20-18(28-21)9-13-8-15(13)23(20)30;1-2/h1-7,10,13,15-17,27-28H,8-9,11H2,(H,26,29,31);1-2H. The van der Waals surface area contributed by atoms with E-state index < -0.39 is 12.1 Å². The molecule has 2 heterocycles. The number of aromatic nitrogens is 2. The number of nitrogens with one attached hydrogen (secondary N) is 3. The van der Waals surface area contributed by atoms with Crippen molar-refractivity contribution in [3.63, 3.8) is 0 Å². The van der Waals surface area contributed by atoms with Crippen LogP contribution in [0.5, 0.6) is 0 Å². The number of aromatic amines is 1. The highest BCUT2D eigenvalue weighted by Crippen LogP contribution is 2.51. The van der Waals surface area contributed by atoms with Crippen molar-refractivity contribution in [2.45, 2.75) is 25.4 Å². The Morgan fingerprint density at radius 3 is 2.64 bits per heavy atom. The second-order valence-electron chi connectivity index (χ2n) is 8.67. The van der Waals surface area contributed by atoms with Gasteiger partial charge >= 0.3 is 0 Å². The number of H-pyrrole nitrogens is 1. The number of rotatable bonds is 5. The average molecular weight is 442 g/mol. The zero-order chi connectivity index (χ0) is 23.1. The molecule has 33 heavy (non-hydrogen) atoms. The molecule has 4 atom stereocenters. The lowest BCUT2D eigenvalue weighted by molar-refractivity contribution is -0.117. The second-order valence-corrected chi connectivity index (χ2v) is 8.67. The summed E-state index contributed by atoms with van der Waals surface area (Å²) < 4.78 is 13.2. The van der Waals surface area contributed by atoms with Crippen molar-refractivity contribution in [3.8, 4) is 24.1 Å². The summed E-state index contributed by atoms with van der Waals surface area (Å²) >= 11 is 0. The number of ketones is 1. The third-order valence-electron chi connectivity index (χ3n) is 6.44. The lowest BCUT2D eigenvalue weighted by Gasteiger charge is -2.13. The summed E-state index contributed by atoms with van der Waals surface area (Å²) in [6, 6.07) is 13.3. The summed E-state index contributed by atoms with van der Waals surface area (Å²) in [4.78, 5) is 32.9. The zero-order valence-electron chi connectivity index (χ0n) is 17.8. The molecule has 4 unspecified atom stereocenters. The van der Waals surface area contributed by atoms with E-state index in [1.165, 1.54) is 0 Å². The molecule has 2 fully saturated rings. The number of carbonyl (C=O) groups excluding carboxylic acids is 2. The Labute approximate surface area is 191 Å². The molecule has 2 aromatic heterocycles. The lowest BCUT2D eigenvalue weighted by Crippen LogP contribution is -2.15. The highest BCUT2D eigenvalue weighted by Gasteiger charge is 2.49. The number of carbonyl (C=O) groups is 2. The quantitative estimate of drug-likeness (QED) is 0.498. The Hall–Kier alpha value is -3.92. The molecule has 3 aromatic rings. The number of nitrogens with zero attached hydrogens (tertiary/aromatic N) is 1. The number of pyridine rings is 1. The molecule has 1 amide bonds. The van der Waals surface area contributed by atoms with E-state index in [0.717, 1.165) is 46.7 Å². The predicted molar refractivity (Wildman–Crippen MR) is 125 cm³/mol. The van der Waals surface area contributed by atoms with E-state index in [9.17, 15) is 14.0 Å². The van der Waals surface area contributed by atoms with Gasteiger partial charge in [0, 0.05) is 29.1 Å². The number of anilines is 3. The topological polar surface area (TPSA) is 86.9 Å². The van der Waals surface area contributed by atoms with Crippen LogP contribution in [0.25, 0.3) is 11.3 Å². The first-order valence-electron chi connectivity index (χ1n) is 10.9. The first kappa shape index (κ1) is 21.0. The number of halogens is 1. The van der Waals surface area contributed by atoms with E-state index in [2.05, 4.69) is 33.4 Å². The van der Waals surface area contributed by atoms with Crippen molar-refractivity contribution >= 4 is 28.9 Å². The number of amides is 1. The first-order chi connectivity index (χ1) is 16.1. The molecule has 3 aliphatic carbocycles. The van der Waals surface area contributed by atoms with Crippen molar-refractivity contribution in [2.24, 2.45) is 17.8 Å². The van der Waals surface area contributed by atoms with Crippen LogP contribution in [0.1, 0.15) is 28.9 Å². The zero-order valence-corrected chi connectivity index (χ0v) is 17.8. The van der Waals surface area contributed by atoms with E-state index in [1.807, 2.05) is 36.4 Å². The van der Waals surface area contributed by atoms with Crippen LogP contribution in [-0.2, 0) is 11.2 Å². The monoisotopic (exact) mass is 442 g/mol. The summed E-state index contributed by atoms with van der Waals surface area (Å²) in [5, 5.41) is 6.14. The molecule has 2 saturated carbocycles. The minimum atomic E-state index is -1.06. The van der Waals surface area contributed by atoms with Crippen molar-refractivity contribution < 1.29 is 14.0 Å². The van der Waals surface area contributed by atoms with Crippen LogP contribution < -0.4 is 10.6 Å². The normalized spacial score (nSPS) is 23.9. The van der Waals surface area contributed by atoms with Crippen molar-refractivity contribution in [2.75, 3.05) is 10.6 Å². The van der Waals surface area contributed by atoms with Gasteiger partial charge in [0.25, 0.3) is 0 Å². The van der Waals surface area contributed by atoms with Gasteiger partial charge in [-0.25, -0.2) is 9.37 Å². The highest BCUT2D eigenvalue weighted by atomic mass is 19.1. The molecule has 3 N–H and O–H groups in total. The average Bonchev–Trinajstić information content (AvgIpc) is 3.74. The Balaban J connectivity index is 0.00000111. The highest BCUT2D eigenvalue weighted by molar-refractivity contribution is 6.10. The molecule has 1 aromatic carbocycles. The van der Waals surface area contributed by atoms with Crippen LogP contribution >= 0.6 is 0 Å². The number of fused-ring (bicyclic) bond motifs is 2. The number of Topliss-reactive ketones (excluding diaryl/α,β-unsaturated/α-hetero) is 1. The summed E-state index contributed by atoms with van der Waals surface area (Å²) in [5.74, 6) is 0.206. The SMILES string of the molecule is C#C.O=C(Nc1cc(-c2[nH]c3c(c2Nc2ccccc2)C(=O)C2CC2C3)ccn1)C1CC1F. The number of alkyl halides is 1. The molecule has 0 radical (unpaired) electrons. The molecule has 0 saturated heterocycles. The molecular formula is C26H23FN4O2. The Bertz CT molecular complexity index is 1250. The van der Waals surface area contributed by atoms with Crippen LogP contribution in [-0.4, -0.2) is 27.8 Å². The maximum Gasteiger partial charge on any atom is 0.231 e. The van der Waals surface area contributed by atoms with Crippen molar-refractivity contribution in [3.05, 3.63) is 59.9 Å². The lowest BCUT2D eigenvalue weighted by atomic mass is 9.95. The fraction of sp³-hybridized carbons (Fsp3) is 0.269. The number of hydrogen-bond acceptors (Lipinski definition) is 4. The van der Waals surface area contributed by atoms with Gasteiger partial charge in [0.1, 0.15) is 12.0 Å². The molecule has 3 aliphatic rings. The maximum atomic E-state index is 13.2. The summed E-state index contributed by atoms with van der Waals surface area (Å²) in [7, 11) is 0. The molecule has 0 bridgehead atoms. The van der Waals surface area contributed by atoms with Crippen LogP contribution in [0.4, 0.5) is 21.6 Å². The van der Waals surface area contributed by atoms with E-state index in [-0.39, 0.29) is 24.0 Å². The van der Waals surface area contributed by atoms with Crippen LogP contribution in [0.3, 0.4) is 0 Å². The Morgan fingerprint density at radius 2 is 1.91 bits per heavy atom. The predicted octanol–water partition coefficient (Wildman–Crippen LogP) is 4.74. The number of benzene rings is 1. The Kier molecular flexibility index (Phi) is 5.21. The summed E-state index contributed by atoms with van der Waals surface area (Å²) in [6.07, 6.45) is 10.6. The summed E-state index contributed by atoms with van der Waals surface area (Å²) in [6.45, 7) is 0. The minimum absolute atomic E-state index is 0.131. The molecule has 0 spiro atoms. The number of hydrogen-bond donors (Lipinski definition) is 3. The molecule has 166 valence electrons. The van der Waals surface area contributed by atoms with Crippen LogP contribution in [0.15, 0.2) is 48.7 Å². The van der Waals surface area contributed by atoms with Gasteiger partial charge in [0.15, 0.2) is 5.78 Å². The van der Waals surface area contributed by atoms with Gasteiger partial charge in [0.05, 0.1) is 22.9 Å². The largest absolute Gasteiger partial charge is 0.356 e. The van der Waals surface area contributed by atoms with Gasteiger partial charge in [-0.15, -0.1) is 12.8 Å². The first-order valence-corrected chi connectivity index (χ1v) is 10.9. The molecular weight excluding hydrogens is 419 g/mol. The third kappa shape index (κ3) is 3.89. The molecule has 6 rings (SSSR count). The van der Waals surface area contributed by atoms with Gasteiger partial charge in [-0.1, -0.05) is 18.2 Å². The molecule has 6 nitrogen and oxygen atoms in total. The Morgan fingerprint density at radius 1 is 1.15 bits per heavy atom. The van der Waals surface area contributed by atoms with E-state index in [1.54, 1.807) is 12.3 Å². The van der Waals surface area contributed by atoms with Gasteiger partial charge in [-0.3, -0.25) is 9.59 Å². The van der Waals surface area contributed by atoms with E-state index >= 15 is 0 Å². The van der Waals surface area contributed by atoms with Crippen molar-refractivity contribution in [1.29, 1.82) is 0 Å². The van der Waals surface area contributed by atoms with Gasteiger partial charge < -0.3 is 15.6 Å². The fourth-order valence-electron chi connectivity index (χ4n) is 4.53. The van der Waals surface area contributed by atoms with Crippen LogP contribution in [0, 0.1) is 30.6 Å². The second kappa shape index (κ2) is 8.21. The fourth-order valence-corrected chi connectivity index (χ4v) is 4.53. The van der Waals surface area contributed by atoms with E-state index in [4.69, 9.17) is 0 Å². The van der Waals surface area contributed by atoms with Crippen molar-refractivity contribution in [1.82, 2.24) is 9.97 Å². The van der Waals surface area contributed by atoms with Crippen LogP contribution in [0.2, 0.25) is 0 Å². The molecule has 7 heteroatoms. The third-order valence-corrected chi connectivity index (χ3v) is 6.44. The number of terminal acetylenes is 1. The minimum Gasteiger partial charge on any atom is -0.356 e. The van der Waals surface area contributed by atoms with E-state index in [0.29, 0.717) is 11.7 Å². The number of para-hydroxylation sites is 1. The van der Waals surface area contributed by atoms with Gasteiger partial charge in [-0.05, 0) is 49.4 Å². The smallest absolute Gasteiger partial charge is 0.231 e. The molecule has 0 aliphatic heterocycles.